The first-order valence-corrected chi connectivity index (χ1v) is 10.2. The zero-order valence-electron chi connectivity index (χ0n) is 15.3. The second-order valence-electron chi connectivity index (χ2n) is 6.24. The summed E-state index contributed by atoms with van der Waals surface area (Å²) >= 11 is 1.30. The number of benzene rings is 1. The number of para-hydroxylation sites is 1. The number of hydrogen-bond acceptors (Lipinski definition) is 6. The van der Waals surface area contributed by atoms with Crippen LogP contribution >= 0.6 is 11.8 Å². The molecule has 1 atom stereocenters. The molecule has 3 rings (SSSR count). The summed E-state index contributed by atoms with van der Waals surface area (Å²) in [6, 6.07) is 7.94. The van der Waals surface area contributed by atoms with E-state index in [-0.39, 0.29) is 5.91 Å². The molecule has 140 valence electrons. The van der Waals surface area contributed by atoms with Gasteiger partial charge in [0, 0.05) is 12.6 Å². The van der Waals surface area contributed by atoms with Crippen molar-refractivity contribution in [1.82, 2.24) is 15.1 Å². The average Bonchev–Trinajstić information content (AvgIpc) is 3.15. The van der Waals surface area contributed by atoms with E-state index >= 15 is 0 Å². The van der Waals surface area contributed by atoms with E-state index in [4.69, 9.17) is 9.15 Å². The normalized spacial score (nSPS) is 17.3. The summed E-state index contributed by atoms with van der Waals surface area (Å²) in [6.45, 7) is 5.50. The summed E-state index contributed by atoms with van der Waals surface area (Å²) in [5, 5.41) is 8.59. The van der Waals surface area contributed by atoms with Gasteiger partial charge >= 0.3 is 0 Å². The maximum Gasteiger partial charge on any atom is 0.277 e. The smallest absolute Gasteiger partial charge is 0.277 e. The van der Waals surface area contributed by atoms with Gasteiger partial charge in [0.05, 0.1) is 17.9 Å². The molecule has 1 aromatic heterocycles. The third-order valence-electron chi connectivity index (χ3n) is 4.56. The Balaban J connectivity index is 1.63. The Morgan fingerprint density at radius 3 is 2.96 bits per heavy atom. The van der Waals surface area contributed by atoms with E-state index < -0.39 is 0 Å². The van der Waals surface area contributed by atoms with E-state index in [1.54, 1.807) is 0 Å². The van der Waals surface area contributed by atoms with Gasteiger partial charge in [-0.3, -0.25) is 4.79 Å². The van der Waals surface area contributed by atoms with Gasteiger partial charge in [0.15, 0.2) is 0 Å². The van der Waals surface area contributed by atoms with Crippen molar-refractivity contribution in [2.24, 2.45) is 0 Å². The molecule has 1 unspecified atom stereocenters. The quantitative estimate of drug-likeness (QED) is 0.681. The molecule has 0 radical (unpaired) electrons. The van der Waals surface area contributed by atoms with Crippen LogP contribution in [0.25, 0.3) is 11.5 Å². The van der Waals surface area contributed by atoms with Crippen molar-refractivity contribution >= 4 is 17.7 Å². The molecule has 7 heteroatoms. The summed E-state index contributed by atoms with van der Waals surface area (Å²) in [5.74, 6) is 1.60. The van der Waals surface area contributed by atoms with Crippen LogP contribution in [0.2, 0.25) is 0 Å². The van der Waals surface area contributed by atoms with Crippen molar-refractivity contribution in [3.8, 4) is 17.2 Å². The third-order valence-corrected chi connectivity index (χ3v) is 5.36. The Morgan fingerprint density at radius 1 is 1.31 bits per heavy atom. The number of piperidine rings is 1. The fraction of sp³-hybridized carbons (Fsp3) is 0.526. The highest BCUT2D eigenvalue weighted by molar-refractivity contribution is 7.99. The van der Waals surface area contributed by atoms with E-state index in [0.717, 1.165) is 31.4 Å². The number of nitrogens with zero attached hydrogens (tertiary/aromatic N) is 3. The van der Waals surface area contributed by atoms with Crippen molar-refractivity contribution in [2.45, 2.75) is 50.8 Å². The summed E-state index contributed by atoms with van der Waals surface area (Å²) in [4.78, 5) is 14.6. The van der Waals surface area contributed by atoms with Crippen molar-refractivity contribution in [1.29, 1.82) is 0 Å². The molecular formula is C19H25N3O3S. The van der Waals surface area contributed by atoms with E-state index in [9.17, 15) is 4.79 Å². The van der Waals surface area contributed by atoms with Crippen molar-refractivity contribution in [3.05, 3.63) is 24.3 Å². The molecular weight excluding hydrogens is 350 g/mol. The van der Waals surface area contributed by atoms with Gasteiger partial charge < -0.3 is 14.1 Å². The minimum atomic E-state index is 0.149. The Morgan fingerprint density at radius 2 is 2.15 bits per heavy atom. The monoisotopic (exact) mass is 375 g/mol. The van der Waals surface area contributed by atoms with Gasteiger partial charge in [0.2, 0.25) is 5.91 Å². The second-order valence-corrected chi connectivity index (χ2v) is 7.16. The van der Waals surface area contributed by atoms with Crippen molar-refractivity contribution < 1.29 is 13.9 Å². The number of carbonyl (C=O) groups excluding carboxylic acids is 1. The zero-order valence-corrected chi connectivity index (χ0v) is 16.1. The Bertz CT molecular complexity index is 734. The zero-order chi connectivity index (χ0) is 18.4. The molecule has 6 nitrogen and oxygen atoms in total. The van der Waals surface area contributed by atoms with Crippen LogP contribution < -0.4 is 4.74 Å². The van der Waals surface area contributed by atoms with Crippen LogP contribution in [0, 0.1) is 0 Å². The molecule has 0 N–H and O–H groups in total. The van der Waals surface area contributed by atoms with Crippen molar-refractivity contribution in [2.75, 3.05) is 18.9 Å². The van der Waals surface area contributed by atoms with Gasteiger partial charge in [-0.05, 0) is 44.7 Å². The van der Waals surface area contributed by atoms with Crippen LogP contribution in [0.4, 0.5) is 0 Å². The number of aromatic nitrogens is 2. The number of likely N-dealkylation sites (tertiary alicyclic amines) is 1. The van der Waals surface area contributed by atoms with E-state index in [1.165, 1.54) is 18.2 Å². The number of rotatable bonds is 7. The topological polar surface area (TPSA) is 68.5 Å². The molecule has 2 heterocycles. The molecule has 1 aliphatic heterocycles. The van der Waals surface area contributed by atoms with Crippen LogP contribution in [-0.2, 0) is 4.79 Å². The maximum atomic E-state index is 12.6. The number of thioether (sulfide) groups is 1. The van der Waals surface area contributed by atoms with E-state index in [2.05, 4.69) is 17.1 Å². The van der Waals surface area contributed by atoms with E-state index in [0.29, 0.717) is 35.3 Å². The molecule has 0 bridgehead atoms. The SMILES string of the molecule is CCOc1ccccc1-c1nnc(SCC(=O)N2CCCCC2CC)o1. The molecule has 1 aliphatic rings. The molecule has 2 aromatic rings. The number of carbonyl (C=O) groups is 1. The lowest BCUT2D eigenvalue weighted by atomic mass is 10.0. The van der Waals surface area contributed by atoms with Gasteiger partial charge in [0.25, 0.3) is 11.1 Å². The molecule has 0 saturated carbocycles. The first kappa shape index (κ1) is 18.8. The van der Waals surface area contributed by atoms with Gasteiger partial charge in [-0.2, -0.15) is 0 Å². The highest BCUT2D eigenvalue weighted by Gasteiger charge is 2.25. The standard InChI is InChI=1S/C19H25N3O3S/c1-3-14-9-7-8-12-22(14)17(23)13-26-19-21-20-18(25-19)15-10-5-6-11-16(15)24-4-2/h5-6,10-11,14H,3-4,7-9,12-13H2,1-2H3. The van der Waals surface area contributed by atoms with Gasteiger partial charge in [-0.25, -0.2) is 0 Å². The highest BCUT2D eigenvalue weighted by Crippen LogP contribution is 2.31. The van der Waals surface area contributed by atoms with Gasteiger partial charge in [0.1, 0.15) is 5.75 Å². The van der Waals surface area contributed by atoms with Crippen LogP contribution in [-0.4, -0.2) is 46.0 Å². The molecule has 26 heavy (non-hydrogen) atoms. The molecule has 1 saturated heterocycles. The maximum absolute atomic E-state index is 12.6. The summed E-state index contributed by atoms with van der Waals surface area (Å²) in [7, 11) is 0. The lowest BCUT2D eigenvalue weighted by Gasteiger charge is -2.35. The summed E-state index contributed by atoms with van der Waals surface area (Å²) in [5.41, 5.74) is 0.766. The van der Waals surface area contributed by atoms with Crippen molar-refractivity contribution in [3.63, 3.8) is 0 Å². The van der Waals surface area contributed by atoms with E-state index in [1.807, 2.05) is 36.1 Å². The van der Waals surface area contributed by atoms with Crippen LogP contribution in [0.3, 0.4) is 0 Å². The lowest BCUT2D eigenvalue weighted by Crippen LogP contribution is -2.44. The minimum absolute atomic E-state index is 0.149. The average molecular weight is 375 g/mol. The second kappa shape index (κ2) is 9.07. The number of ether oxygens (including phenoxy) is 1. The molecule has 0 spiro atoms. The predicted molar refractivity (Wildman–Crippen MR) is 101 cm³/mol. The molecule has 1 fully saturated rings. The number of hydrogen-bond donors (Lipinski definition) is 0. The molecule has 0 aliphatic carbocycles. The number of amides is 1. The largest absolute Gasteiger partial charge is 0.493 e. The first-order valence-electron chi connectivity index (χ1n) is 9.20. The Hall–Kier alpha value is -2.02. The fourth-order valence-corrected chi connectivity index (χ4v) is 3.91. The highest BCUT2D eigenvalue weighted by atomic mass is 32.2. The summed E-state index contributed by atoms with van der Waals surface area (Å²) < 4.78 is 11.3. The Labute approximate surface area is 158 Å². The Kier molecular flexibility index (Phi) is 6.55. The van der Waals surface area contributed by atoms with Crippen LogP contribution in [0.15, 0.2) is 33.9 Å². The molecule has 1 aromatic carbocycles. The van der Waals surface area contributed by atoms with Crippen LogP contribution in [0.1, 0.15) is 39.5 Å². The first-order chi connectivity index (χ1) is 12.7. The summed E-state index contributed by atoms with van der Waals surface area (Å²) in [6.07, 6.45) is 4.41. The van der Waals surface area contributed by atoms with Gasteiger partial charge in [-0.15, -0.1) is 10.2 Å². The predicted octanol–water partition coefficient (Wildman–Crippen LogP) is 4.02. The minimum Gasteiger partial charge on any atom is -0.493 e. The fourth-order valence-electron chi connectivity index (χ4n) is 3.26. The lowest BCUT2D eigenvalue weighted by molar-refractivity contribution is -0.132. The third kappa shape index (κ3) is 4.38. The van der Waals surface area contributed by atoms with Gasteiger partial charge in [-0.1, -0.05) is 30.8 Å². The van der Waals surface area contributed by atoms with Crippen LogP contribution in [0.5, 0.6) is 5.75 Å². The molecule has 1 amide bonds.